The van der Waals surface area contributed by atoms with Gasteiger partial charge in [-0.05, 0) is 53.3 Å². The Hall–Kier alpha value is -4.81. The monoisotopic (exact) mass is 526 g/mol. The van der Waals surface area contributed by atoms with Crippen LogP contribution in [0.5, 0.6) is 0 Å². The highest BCUT2D eigenvalue weighted by atomic mass is 16.6. The third-order valence-electron chi connectivity index (χ3n) is 7.68. The molecular formula is C34H30N4O2. The van der Waals surface area contributed by atoms with Crippen molar-refractivity contribution >= 4 is 11.4 Å². The van der Waals surface area contributed by atoms with Crippen molar-refractivity contribution in [2.24, 2.45) is 5.73 Å². The minimum absolute atomic E-state index is 0.00259. The molecular weight excluding hydrogens is 496 g/mol. The summed E-state index contributed by atoms with van der Waals surface area (Å²) in [5.74, 6) is 0.469. The van der Waals surface area contributed by atoms with Crippen molar-refractivity contribution in [3.8, 4) is 0 Å². The van der Waals surface area contributed by atoms with Crippen molar-refractivity contribution in [2.75, 3.05) is 5.32 Å². The van der Waals surface area contributed by atoms with Crippen LogP contribution in [0.1, 0.15) is 58.3 Å². The standard InChI is InChI=1S/C34H30N4O2/c35-33(25-20-21-36-32(22-25)24-16-17-24)30-23-29(38(39)40)18-19-31(30)37-34(26-10-4-1-5-11-26,27-12-6-2-7-13-27)28-14-8-3-9-15-28/h1-15,18-24,33,37H,16-17,35H2. The van der Waals surface area contributed by atoms with Crippen molar-refractivity contribution in [3.63, 3.8) is 0 Å². The lowest BCUT2D eigenvalue weighted by Gasteiger charge is -2.38. The first-order valence-electron chi connectivity index (χ1n) is 13.5. The molecule has 5 aromatic rings. The number of aromatic nitrogens is 1. The summed E-state index contributed by atoms with van der Waals surface area (Å²) in [6.07, 6.45) is 4.04. The van der Waals surface area contributed by atoms with Crippen LogP contribution in [0.4, 0.5) is 11.4 Å². The van der Waals surface area contributed by atoms with Crippen LogP contribution in [-0.2, 0) is 5.54 Å². The first-order valence-corrected chi connectivity index (χ1v) is 13.5. The first-order chi connectivity index (χ1) is 19.6. The summed E-state index contributed by atoms with van der Waals surface area (Å²) in [6, 6.07) is 39.0. The van der Waals surface area contributed by atoms with E-state index in [1.54, 1.807) is 18.3 Å². The molecule has 1 aromatic heterocycles. The quantitative estimate of drug-likeness (QED) is 0.119. The molecule has 1 aliphatic rings. The van der Waals surface area contributed by atoms with Crippen molar-refractivity contribution in [3.05, 3.63) is 171 Å². The normalized spacial score (nSPS) is 13.9. The molecule has 0 saturated heterocycles. The average molecular weight is 527 g/mol. The van der Waals surface area contributed by atoms with Gasteiger partial charge in [0, 0.05) is 41.2 Å². The van der Waals surface area contributed by atoms with Crippen LogP contribution in [-0.4, -0.2) is 9.91 Å². The van der Waals surface area contributed by atoms with E-state index in [-0.39, 0.29) is 10.6 Å². The number of pyridine rings is 1. The Morgan fingerprint density at radius 3 is 1.85 bits per heavy atom. The molecule has 198 valence electrons. The van der Waals surface area contributed by atoms with Crippen molar-refractivity contribution in [1.82, 2.24) is 4.98 Å². The maximum absolute atomic E-state index is 11.9. The molecule has 3 N–H and O–H groups in total. The maximum Gasteiger partial charge on any atom is 0.269 e. The predicted molar refractivity (Wildman–Crippen MR) is 158 cm³/mol. The molecule has 1 aliphatic carbocycles. The second-order valence-corrected chi connectivity index (χ2v) is 10.3. The zero-order chi connectivity index (χ0) is 27.5. The minimum atomic E-state index is -0.800. The van der Waals surface area contributed by atoms with Crippen LogP contribution in [0.3, 0.4) is 0 Å². The first kappa shape index (κ1) is 25.5. The van der Waals surface area contributed by atoms with E-state index in [1.165, 1.54) is 6.07 Å². The Morgan fingerprint density at radius 2 is 1.35 bits per heavy atom. The second kappa shape index (κ2) is 10.8. The fourth-order valence-corrected chi connectivity index (χ4v) is 5.46. The van der Waals surface area contributed by atoms with Crippen molar-refractivity contribution in [1.29, 1.82) is 0 Å². The van der Waals surface area contributed by atoms with Crippen LogP contribution < -0.4 is 11.1 Å². The van der Waals surface area contributed by atoms with Gasteiger partial charge in [0.2, 0.25) is 0 Å². The summed E-state index contributed by atoms with van der Waals surface area (Å²) >= 11 is 0. The molecule has 0 bridgehead atoms. The van der Waals surface area contributed by atoms with Gasteiger partial charge in [-0.15, -0.1) is 0 Å². The fourth-order valence-electron chi connectivity index (χ4n) is 5.46. The van der Waals surface area contributed by atoms with Gasteiger partial charge < -0.3 is 11.1 Å². The van der Waals surface area contributed by atoms with Crippen LogP contribution in [0.25, 0.3) is 0 Å². The van der Waals surface area contributed by atoms with Crippen LogP contribution in [0.2, 0.25) is 0 Å². The molecule has 4 aromatic carbocycles. The molecule has 0 spiro atoms. The SMILES string of the molecule is NC(c1ccnc(C2CC2)c1)c1cc([N+](=O)[O-])ccc1NC(c1ccccc1)(c1ccccc1)c1ccccc1. The summed E-state index contributed by atoms with van der Waals surface area (Å²) < 4.78 is 0. The Kier molecular flexibility index (Phi) is 6.84. The molecule has 1 saturated carbocycles. The number of rotatable bonds is 9. The number of benzene rings is 4. The highest BCUT2D eigenvalue weighted by molar-refractivity contribution is 5.66. The third-order valence-corrected chi connectivity index (χ3v) is 7.68. The Morgan fingerprint density at radius 1 is 0.800 bits per heavy atom. The number of nitro benzene ring substituents is 1. The van der Waals surface area contributed by atoms with Gasteiger partial charge in [-0.1, -0.05) is 91.0 Å². The van der Waals surface area contributed by atoms with Crippen LogP contribution >= 0.6 is 0 Å². The average Bonchev–Trinajstić information content (AvgIpc) is 3.87. The van der Waals surface area contributed by atoms with Gasteiger partial charge >= 0.3 is 0 Å². The number of hydrogen-bond acceptors (Lipinski definition) is 5. The van der Waals surface area contributed by atoms with Gasteiger partial charge in [-0.3, -0.25) is 15.1 Å². The number of nitro groups is 1. The molecule has 40 heavy (non-hydrogen) atoms. The third kappa shape index (κ3) is 4.85. The summed E-state index contributed by atoms with van der Waals surface area (Å²) in [6.45, 7) is 0. The fraction of sp³-hybridized carbons (Fsp3) is 0.147. The van der Waals surface area contributed by atoms with Gasteiger partial charge in [0.25, 0.3) is 5.69 Å². The molecule has 1 fully saturated rings. The van der Waals surface area contributed by atoms with Gasteiger partial charge in [-0.2, -0.15) is 0 Å². The molecule has 1 atom stereocenters. The number of non-ortho nitro benzene ring substituents is 1. The van der Waals surface area contributed by atoms with Gasteiger partial charge in [0.05, 0.1) is 11.0 Å². The van der Waals surface area contributed by atoms with E-state index in [9.17, 15) is 10.1 Å². The summed E-state index contributed by atoms with van der Waals surface area (Å²) in [7, 11) is 0. The topological polar surface area (TPSA) is 94.1 Å². The molecule has 6 rings (SSSR count). The molecule has 1 heterocycles. The molecule has 6 heteroatoms. The zero-order valence-electron chi connectivity index (χ0n) is 22.0. The largest absolute Gasteiger partial charge is 0.368 e. The number of anilines is 1. The maximum atomic E-state index is 11.9. The number of nitrogens with one attached hydrogen (secondary N) is 1. The lowest BCUT2D eigenvalue weighted by Crippen LogP contribution is -2.38. The summed E-state index contributed by atoms with van der Waals surface area (Å²) in [5.41, 5.74) is 12.5. The van der Waals surface area contributed by atoms with Crippen molar-refractivity contribution < 1.29 is 4.92 Å². The van der Waals surface area contributed by atoms with Crippen molar-refractivity contribution in [2.45, 2.75) is 30.3 Å². The highest BCUT2D eigenvalue weighted by Crippen LogP contribution is 2.43. The smallest absolute Gasteiger partial charge is 0.269 e. The number of nitrogens with zero attached hydrogens (tertiary/aromatic N) is 2. The summed E-state index contributed by atoms with van der Waals surface area (Å²) in [4.78, 5) is 16.0. The highest BCUT2D eigenvalue weighted by Gasteiger charge is 2.37. The predicted octanol–water partition coefficient (Wildman–Crippen LogP) is 7.32. The summed E-state index contributed by atoms with van der Waals surface area (Å²) in [5, 5.41) is 15.7. The molecule has 0 aliphatic heterocycles. The van der Waals surface area contributed by atoms with Gasteiger partial charge in [0.15, 0.2) is 0 Å². The Labute approximate surface area is 233 Å². The Balaban J connectivity index is 1.56. The van der Waals surface area contributed by atoms with Gasteiger partial charge in [-0.25, -0.2) is 0 Å². The van der Waals surface area contributed by atoms with E-state index >= 15 is 0 Å². The van der Waals surface area contributed by atoms with Crippen LogP contribution in [0, 0.1) is 10.1 Å². The van der Waals surface area contributed by atoms with E-state index in [0.717, 1.165) is 46.5 Å². The molecule has 0 radical (unpaired) electrons. The van der Waals surface area contributed by atoms with E-state index in [1.807, 2.05) is 66.7 Å². The minimum Gasteiger partial charge on any atom is -0.368 e. The lowest BCUT2D eigenvalue weighted by atomic mass is 9.76. The van der Waals surface area contributed by atoms with E-state index in [4.69, 9.17) is 5.73 Å². The Bertz CT molecular complexity index is 1520. The molecule has 1 unspecified atom stereocenters. The lowest BCUT2D eigenvalue weighted by molar-refractivity contribution is -0.384. The van der Waals surface area contributed by atoms with Crippen LogP contribution in [0.15, 0.2) is 128 Å². The number of hydrogen-bond donors (Lipinski definition) is 2. The van der Waals surface area contributed by atoms with Gasteiger partial charge in [0.1, 0.15) is 5.54 Å². The molecule has 0 amide bonds. The second-order valence-electron chi connectivity index (χ2n) is 10.3. The van der Waals surface area contributed by atoms with E-state index in [0.29, 0.717) is 11.5 Å². The zero-order valence-corrected chi connectivity index (χ0v) is 22.0. The van der Waals surface area contributed by atoms with E-state index < -0.39 is 11.6 Å². The molecule has 6 nitrogen and oxygen atoms in total. The van der Waals surface area contributed by atoms with E-state index in [2.05, 4.69) is 46.7 Å². The number of nitrogens with two attached hydrogens (primary N) is 1.